The summed E-state index contributed by atoms with van der Waals surface area (Å²) in [6, 6.07) is 8.27. The van der Waals surface area contributed by atoms with E-state index in [0.717, 1.165) is 11.6 Å². The van der Waals surface area contributed by atoms with Gasteiger partial charge >= 0.3 is 0 Å². The number of aryl methyl sites for hydroxylation is 1. The van der Waals surface area contributed by atoms with Crippen LogP contribution in [0.5, 0.6) is 0 Å². The SMILES string of the molecule is Cc1cccc(Nc2nc(NCCCC(F)F)c(F)cc2C(N)=O)c1. The third-order valence-electron chi connectivity index (χ3n) is 3.41. The summed E-state index contributed by atoms with van der Waals surface area (Å²) in [5.74, 6) is -1.64. The number of nitrogens with two attached hydrogens (primary N) is 1. The lowest BCUT2D eigenvalue weighted by atomic mass is 10.2. The Labute approximate surface area is 143 Å². The van der Waals surface area contributed by atoms with E-state index in [9.17, 15) is 18.0 Å². The molecule has 1 aromatic carbocycles. The Morgan fingerprint density at radius 3 is 2.68 bits per heavy atom. The number of rotatable bonds is 8. The van der Waals surface area contributed by atoms with Crippen molar-refractivity contribution in [3.05, 3.63) is 47.3 Å². The molecule has 0 radical (unpaired) electrons. The van der Waals surface area contributed by atoms with Crippen LogP contribution in [0.4, 0.5) is 30.5 Å². The number of hydrogen-bond donors (Lipinski definition) is 3. The molecule has 0 fully saturated rings. The lowest BCUT2D eigenvalue weighted by molar-refractivity contribution is 0.100. The zero-order valence-electron chi connectivity index (χ0n) is 13.7. The standard InChI is InChI=1S/C17H19F3N4O/c1-10-4-2-5-11(8-10)23-16-12(15(21)25)9-13(18)17(24-16)22-7-3-6-14(19)20/h2,4-5,8-9,14H,3,6-7H2,1H3,(H2,21,25)(H2,22,23,24). The first kappa shape index (κ1) is 18.6. The number of pyridine rings is 1. The van der Waals surface area contributed by atoms with Gasteiger partial charge in [-0.15, -0.1) is 0 Å². The van der Waals surface area contributed by atoms with Crippen LogP contribution in [0.25, 0.3) is 0 Å². The molecule has 25 heavy (non-hydrogen) atoms. The highest BCUT2D eigenvalue weighted by Gasteiger charge is 2.16. The molecule has 1 amide bonds. The molecule has 0 bridgehead atoms. The summed E-state index contributed by atoms with van der Waals surface area (Å²) in [5, 5.41) is 5.59. The number of carbonyl (C=O) groups excluding carboxylic acids is 1. The predicted octanol–water partition coefficient (Wildman–Crippen LogP) is 3.83. The number of nitrogens with zero attached hydrogens (tertiary/aromatic N) is 1. The quantitative estimate of drug-likeness (QED) is 0.631. The van der Waals surface area contributed by atoms with Crippen LogP contribution in [-0.4, -0.2) is 23.9 Å². The van der Waals surface area contributed by atoms with E-state index >= 15 is 0 Å². The van der Waals surface area contributed by atoms with E-state index in [-0.39, 0.29) is 36.6 Å². The second kappa shape index (κ2) is 8.36. The molecule has 5 nitrogen and oxygen atoms in total. The highest BCUT2D eigenvalue weighted by molar-refractivity contribution is 5.98. The minimum absolute atomic E-state index is 0.0934. The monoisotopic (exact) mass is 352 g/mol. The second-order valence-electron chi connectivity index (χ2n) is 5.53. The minimum atomic E-state index is -2.41. The first-order valence-electron chi connectivity index (χ1n) is 7.73. The lowest BCUT2D eigenvalue weighted by Crippen LogP contribution is -2.16. The van der Waals surface area contributed by atoms with Crippen molar-refractivity contribution in [1.82, 2.24) is 4.98 Å². The number of nitrogens with one attached hydrogen (secondary N) is 2. The first-order valence-corrected chi connectivity index (χ1v) is 7.73. The van der Waals surface area contributed by atoms with Crippen molar-refractivity contribution in [3.8, 4) is 0 Å². The molecule has 0 unspecified atom stereocenters. The van der Waals surface area contributed by atoms with Gasteiger partial charge in [0.2, 0.25) is 6.43 Å². The van der Waals surface area contributed by atoms with E-state index in [2.05, 4.69) is 15.6 Å². The van der Waals surface area contributed by atoms with Crippen LogP contribution in [0.1, 0.15) is 28.8 Å². The van der Waals surface area contributed by atoms with Crippen molar-refractivity contribution in [2.45, 2.75) is 26.2 Å². The zero-order chi connectivity index (χ0) is 18.4. The van der Waals surface area contributed by atoms with Crippen LogP contribution < -0.4 is 16.4 Å². The fourth-order valence-corrected chi connectivity index (χ4v) is 2.22. The summed E-state index contributed by atoms with van der Waals surface area (Å²) in [6.07, 6.45) is -2.53. The van der Waals surface area contributed by atoms with Gasteiger partial charge in [0, 0.05) is 18.7 Å². The predicted molar refractivity (Wildman–Crippen MR) is 90.9 cm³/mol. The lowest BCUT2D eigenvalue weighted by Gasteiger charge is -2.13. The Hall–Kier alpha value is -2.77. The minimum Gasteiger partial charge on any atom is -0.368 e. The molecule has 4 N–H and O–H groups in total. The van der Waals surface area contributed by atoms with E-state index in [1.807, 2.05) is 25.1 Å². The molecule has 0 saturated carbocycles. The van der Waals surface area contributed by atoms with Crippen molar-refractivity contribution in [2.24, 2.45) is 5.73 Å². The largest absolute Gasteiger partial charge is 0.368 e. The van der Waals surface area contributed by atoms with E-state index in [1.165, 1.54) is 0 Å². The fourth-order valence-electron chi connectivity index (χ4n) is 2.22. The Balaban J connectivity index is 2.23. The highest BCUT2D eigenvalue weighted by Crippen LogP contribution is 2.24. The molecular weight excluding hydrogens is 333 g/mol. The molecule has 2 aromatic rings. The topological polar surface area (TPSA) is 80.0 Å². The number of primary amides is 1. The number of carbonyl (C=O) groups is 1. The number of alkyl halides is 2. The Morgan fingerprint density at radius 1 is 1.28 bits per heavy atom. The molecule has 0 spiro atoms. The van der Waals surface area contributed by atoms with Crippen LogP contribution in [0, 0.1) is 12.7 Å². The summed E-state index contributed by atoms with van der Waals surface area (Å²) in [4.78, 5) is 15.6. The van der Waals surface area contributed by atoms with E-state index in [1.54, 1.807) is 6.07 Å². The van der Waals surface area contributed by atoms with Crippen LogP contribution in [-0.2, 0) is 0 Å². The Kier molecular flexibility index (Phi) is 6.21. The van der Waals surface area contributed by atoms with Gasteiger partial charge < -0.3 is 16.4 Å². The summed E-state index contributed by atoms with van der Waals surface area (Å²) >= 11 is 0. The molecule has 2 rings (SSSR count). The van der Waals surface area contributed by atoms with Crippen molar-refractivity contribution in [1.29, 1.82) is 0 Å². The van der Waals surface area contributed by atoms with Gasteiger partial charge in [0.15, 0.2) is 11.6 Å². The van der Waals surface area contributed by atoms with Gasteiger partial charge in [-0.1, -0.05) is 12.1 Å². The van der Waals surface area contributed by atoms with Crippen LogP contribution in [0.2, 0.25) is 0 Å². The fraction of sp³-hybridized carbons (Fsp3) is 0.294. The van der Waals surface area contributed by atoms with Gasteiger partial charge in [-0.2, -0.15) is 0 Å². The highest BCUT2D eigenvalue weighted by atomic mass is 19.3. The molecule has 0 atom stereocenters. The van der Waals surface area contributed by atoms with Gasteiger partial charge in [-0.3, -0.25) is 4.79 Å². The molecule has 0 aliphatic heterocycles. The normalized spacial score (nSPS) is 10.8. The van der Waals surface area contributed by atoms with Crippen LogP contribution in [0.3, 0.4) is 0 Å². The van der Waals surface area contributed by atoms with Crippen molar-refractivity contribution < 1.29 is 18.0 Å². The molecule has 0 aliphatic rings. The van der Waals surface area contributed by atoms with Crippen LogP contribution in [0.15, 0.2) is 30.3 Å². The van der Waals surface area contributed by atoms with Gasteiger partial charge in [0.25, 0.3) is 5.91 Å². The third-order valence-corrected chi connectivity index (χ3v) is 3.41. The van der Waals surface area contributed by atoms with Crippen molar-refractivity contribution in [3.63, 3.8) is 0 Å². The van der Waals surface area contributed by atoms with Gasteiger partial charge in [0.05, 0.1) is 5.56 Å². The zero-order valence-corrected chi connectivity index (χ0v) is 13.7. The van der Waals surface area contributed by atoms with Crippen LogP contribution >= 0.6 is 0 Å². The van der Waals surface area contributed by atoms with Gasteiger partial charge in [-0.05, 0) is 37.1 Å². The maximum atomic E-state index is 14.1. The molecule has 1 heterocycles. The van der Waals surface area contributed by atoms with E-state index in [0.29, 0.717) is 5.69 Å². The number of amides is 1. The molecule has 134 valence electrons. The number of halogens is 3. The van der Waals surface area contributed by atoms with E-state index in [4.69, 9.17) is 5.73 Å². The maximum Gasteiger partial charge on any atom is 0.252 e. The number of aromatic nitrogens is 1. The van der Waals surface area contributed by atoms with Crippen molar-refractivity contribution in [2.75, 3.05) is 17.2 Å². The first-order chi connectivity index (χ1) is 11.9. The molecule has 0 aliphatic carbocycles. The van der Waals surface area contributed by atoms with Gasteiger partial charge in [-0.25, -0.2) is 18.2 Å². The maximum absolute atomic E-state index is 14.1. The average molecular weight is 352 g/mol. The smallest absolute Gasteiger partial charge is 0.252 e. The molecule has 0 saturated heterocycles. The summed E-state index contributed by atoms with van der Waals surface area (Å²) in [6.45, 7) is 2.03. The van der Waals surface area contributed by atoms with E-state index < -0.39 is 18.1 Å². The molecular formula is C17H19F3N4O. The second-order valence-corrected chi connectivity index (χ2v) is 5.53. The average Bonchev–Trinajstić information content (AvgIpc) is 2.53. The summed E-state index contributed by atoms with van der Waals surface area (Å²) in [5.41, 5.74) is 6.82. The number of hydrogen-bond acceptors (Lipinski definition) is 4. The molecule has 8 heteroatoms. The number of anilines is 3. The Bertz CT molecular complexity index is 753. The summed E-state index contributed by atoms with van der Waals surface area (Å²) < 4.78 is 38.4. The van der Waals surface area contributed by atoms with Crippen molar-refractivity contribution >= 4 is 23.2 Å². The Morgan fingerprint density at radius 2 is 2.04 bits per heavy atom. The van der Waals surface area contributed by atoms with Gasteiger partial charge in [0.1, 0.15) is 5.82 Å². The summed E-state index contributed by atoms with van der Waals surface area (Å²) in [7, 11) is 0. The third kappa shape index (κ3) is 5.37. The number of benzene rings is 1. The molecule has 1 aromatic heterocycles.